The molecule has 5 heteroatoms. The van der Waals surface area contributed by atoms with Gasteiger partial charge in [0.1, 0.15) is 0 Å². The standard InChI is InChI=1S/C18H18N2O3/c1-11-8-12(2)19-16(11)9-15-14-6-4-5-7-17(14)20(18(15)22)10-23-13(3)21/h4-9,19H,10H2,1-3H3/b15-9-. The van der Waals surface area contributed by atoms with Crippen molar-refractivity contribution in [2.24, 2.45) is 0 Å². The molecule has 1 aromatic heterocycles. The number of rotatable bonds is 3. The third-order valence-electron chi connectivity index (χ3n) is 3.84. The zero-order chi connectivity index (χ0) is 16.6. The van der Waals surface area contributed by atoms with Crippen molar-refractivity contribution in [1.29, 1.82) is 0 Å². The first-order valence-electron chi connectivity index (χ1n) is 7.40. The van der Waals surface area contributed by atoms with E-state index in [1.165, 1.54) is 11.8 Å². The minimum absolute atomic E-state index is 0.0781. The molecule has 0 unspecified atom stereocenters. The molecule has 0 atom stereocenters. The number of ether oxygens (including phenoxy) is 1. The smallest absolute Gasteiger partial charge is 0.304 e. The summed E-state index contributed by atoms with van der Waals surface area (Å²) < 4.78 is 5.01. The molecule has 0 saturated carbocycles. The Bertz CT molecular complexity index is 817. The van der Waals surface area contributed by atoms with Crippen molar-refractivity contribution in [1.82, 2.24) is 4.98 Å². The van der Waals surface area contributed by atoms with Gasteiger partial charge in [-0.2, -0.15) is 0 Å². The largest absolute Gasteiger partial charge is 0.444 e. The molecule has 1 amide bonds. The first-order valence-corrected chi connectivity index (χ1v) is 7.40. The Kier molecular flexibility index (Phi) is 3.78. The maximum Gasteiger partial charge on any atom is 0.304 e. The van der Waals surface area contributed by atoms with E-state index in [0.29, 0.717) is 5.57 Å². The Balaban J connectivity index is 2.03. The SMILES string of the molecule is CC(=O)OCN1C(=O)/C(=C\c2[nH]c(C)cc2C)c2ccccc21. The minimum atomic E-state index is -0.413. The lowest BCUT2D eigenvalue weighted by Gasteiger charge is -2.16. The molecule has 23 heavy (non-hydrogen) atoms. The third kappa shape index (κ3) is 2.77. The van der Waals surface area contributed by atoms with E-state index in [1.54, 1.807) is 0 Å². The van der Waals surface area contributed by atoms with Crippen molar-refractivity contribution in [3.05, 3.63) is 52.8 Å². The van der Waals surface area contributed by atoms with Crippen LogP contribution in [0.4, 0.5) is 5.69 Å². The molecular weight excluding hydrogens is 292 g/mol. The number of H-pyrrole nitrogens is 1. The number of aromatic nitrogens is 1. The van der Waals surface area contributed by atoms with Crippen LogP contribution in [0, 0.1) is 13.8 Å². The van der Waals surface area contributed by atoms with Gasteiger partial charge in [0.2, 0.25) is 0 Å². The number of carbonyl (C=O) groups is 2. The summed E-state index contributed by atoms with van der Waals surface area (Å²) in [5.74, 6) is -0.581. The van der Waals surface area contributed by atoms with Crippen LogP contribution in [0.25, 0.3) is 11.6 Å². The van der Waals surface area contributed by atoms with E-state index < -0.39 is 5.97 Å². The van der Waals surface area contributed by atoms with Gasteiger partial charge in [0.15, 0.2) is 6.73 Å². The first-order chi connectivity index (χ1) is 11.0. The number of hydrogen-bond acceptors (Lipinski definition) is 3. The Morgan fingerprint density at radius 2 is 2.04 bits per heavy atom. The van der Waals surface area contributed by atoms with Gasteiger partial charge in [-0.15, -0.1) is 0 Å². The molecule has 2 aromatic rings. The Labute approximate surface area is 134 Å². The summed E-state index contributed by atoms with van der Waals surface area (Å²) in [5.41, 5.74) is 5.23. The molecule has 1 N–H and O–H groups in total. The zero-order valence-corrected chi connectivity index (χ0v) is 13.3. The van der Waals surface area contributed by atoms with Crippen LogP contribution >= 0.6 is 0 Å². The predicted octanol–water partition coefficient (Wildman–Crippen LogP) is 3.04. The van der Waals surface area contributed by atoms with Gasteiger partial charge in [0.25, 0.3) is 5.91 Å². The topological polar surface area (TPSA) is 62.4 Å². The van der Waals surface area contributed by atoms with Gasteiger partial charge in [0, 0.05) is 23.9 Å². The highest BCUT2D eigenvalue weighted by atomic mass is 16.5. The Morgan fingerprint density at radius 3 is 2.70 bits per heavy atom. The second kappa shape index (κ2) is 5.76. The second-order valence-corrected chi connectivity index (χ2v) is 5.62. The van der Waals surface area contributed by atoms with Crippen molar-refractivity contribution in [2.45, 2.75) is 20.8 Å². The summed E-state index contributed by atoms with van der Waals surface area (Å²) in [6.07, 6.45) is 1.86. The summed E-state index contributed by atoms with van der Waals surface area (Å²) >= 11 is 0. The van der Waals surface area contributed by atoms with Gasteiger partial charge in [-0.25, -0.2) is 0 Å². The van der Waals surface area contributed by atoms with Crippen LogP contribution in [-0.4, -0.2) is 23.6 Å². The lowest BCUT2D eigenvalue weighted by atomic mass is 10.1. The van der Waals surface area contributed by atoms with Crippen LogP contribution in [0.15, 0.2) is 30.3 Å². The summed E-state index contributed by atoms with van der Waals surface area (Å²) in [6.45, 7) is 5.23. The summed E-state index contributed by atoms with van der Waals surface area (Å²) in [5, 5.41) is 0. The van der Waals surface area contributed by atoms with Crippen molar-refractivity contribution in [2.75, 3.05) is 11.6 Å². The average Bonchev–Trinajstić information content (AvgIpc) is 2.95. The Hall–Kier alpha value is -2.82. The molecule has 0 spiro atoms. The van der Waals surface area contributed by atoms with Crippen LogP contribution in [0.2, 0.25) is 0 Å². The number of aromatic amines is 1. The number of benzene rings is 1. The molecule has 1 aromatic carbocycles. The third-order valence-corrected chi connectivity index (χ3v) is 3.84. The average molecular weight is 310 g/mol. The molecule has 0 aliphatic carbocycles. The van der Waals surface area contributed by atoms with Crippen LogP contribution < -0.4 is 4.90 Å². The second-order valence-electron chi connectivity index (χ2n) is 5.62. The molecule has 2 heterocycles. The summed E-state index contributed by atoms with van der Waals surface area (Å²) in [7, 11) is 0. The van der Waals surface area contributed by atoms with E-state index in [0.717, 1.165) is 28.2 Å². The van der Waals surface area contributed by atoms with Crippen LogP contribution in [0.1, 0.15) is 29.4 Å². The van der Waals surface area contributed by atoms with Gasteiger partial charge in [-0.1, -0.05) is 18.2 Å². The minimum Gasteiger partial charge on any atom is -0.444 e. The molecule has 5 nitrogen and oxygen atoms in total. The molecule has 3 rings (SSSR count). The lowest BCUT2D eigenvalue weighted by molar-refractivity contribution is -0.141. The summed E-state index contributed by atoms with van der Waals surface area (Å²) in [6, 6.07) is 9.54. The number of para-hydroxylation sites is 1. The van der Waals surface area contributed by atoms with Crippen molar-refractivity contribution < 1.29 is 14.3 Å². The number of esters is 1. The normalized spacial score (nSPS) is 15.2. The maximum absolute atomic E-state index is 12.7. The molecule has 1 aliphatic heterocycles. The number of carbonyl (C=O) groups excluding carboxylic acids is 2. The Morgan fingerprint density at radius 1 is 1.30 bits per heavy atom. The van der Waals surface area contributed by atoms with Gasteiger partial charge in [0.05, 0.1) is 11.3 Å². The number of hydrogen-bond donors (Lipinski definition) is 1. The monoisotopic (exact) mass is 310 g/mol. The van der Waals surface area contributed by atoms with E-state index >= 15 is 0 Å². The number of nitrogens with one attached hydrogen (secondary N) is 1. The number of nitrogens with zero attached hydrogens (tertiary/aromatic N) is 1. The summed E-state index contributed by atoms with van der Waals surface area (Å²) in [4.78, 5) is 28.5. The highest BCUT2D eigenvalue weighted by molar-refractivity contribution is 6.35. The molecule has 0 fully saturated rings. The molecule has 0 saturated heterocycles. The van der Waals surface area contributed by atoms with Crippen LogP contribution in [0.5, 0.6) is 0 Å². The van der Waals surface area contributed by atoms with Crippen molar-refractivity contribution in [3.63, 3.8) is 0 Å². The molecule has 1 aliphatic rings. The maximum atomic E-state index is 12.7. The highest BCUT2D eigenvalue weighted by Crippen LogP contribution is 2.37. The zero-order valence-electron chi connectivity index (χ0n) is 13.3. The molecule has 0 radical (unpaired) electrons. The lowest BCUT2D eigenvalue weighted by Crippen LogP contribution is -2.30. The van der Waals surface area contributed by atoms with Gasteiger partial charge in [-0.3, -0.25) is 14.5 Å². The van der Waals surface area contributed by atoms with Gasteiger partial charge >= 0.3 is 5.97 Å². The van der Waals surface area contributed by atoms with Crippen LogP contribution in [-0.2, 0) is 14.3 Å². The number of anilines is 1. The van der Waals surface area contributed by atoms with Crippen LogP contribution in [0.3, 0.4) is 0 Å². The van der Waals surface area contributed by atoms with Crippen molar-refractivity contribution in [3.8, 4) is 0 Å². The number of aryl methyl sites for hydroxylation is 2. The number of amides is 1. The van der Waals surface area contributed by atoms with Gasteiger partial charge in [-0.05, 0) is 37.6 Å². The molecule has 0 bridgehead atoms. The fourth-order valence-corrected chi connectivity index (χ4v) is 2.77. The van der Waals surface area contributed by atoms with E-state index in [4.69, 9.17) is 4.74 Å². The highest BCUT2D eigenvalue weighted by Gasteiger charge is 2.32. The van der Waals surface area contributed by atoms with E-state index in [1.807, 2.05) is 50.3 Å². The first kappa shape index (κ1) is 15.1. The number of fused-ring (bicyclic) bond motifs is 1. The van der Waals surface area contributed by atoms with Gasteiger partial charge < -0.3 is 9.72 Å². The van der Waals surface area contributed by atoms with E-state index in [2.05, 4.69) is 4.98 Å². The fraction of sp³-hybridized carbons (Fsp3) is 0.222. The van der Waals surface area contributed by atoms with E-state index in [-0.39, 0.29) is 12.6 Å². The fourth-order valence-electron chi connectivity index (χ4n) is 2.77. The van der Waals surface area contributed by atoms with Crippen molar-refractivity contribution >= 4 is 29.2 Å². The molecule has 118 valence electrons. The predicted molar refractivity (Wildman–Crippen MR) is 88.7 cm³/mol. The van der Waals surface area contributed by atoms with E-state index in [9.17, 15) is 9.59 Å². The molecular formula is C18H18N2O3. The quantitative estimate of drug-likeness (QED) is 0.700.